The van der Waals surface area contributed by atoms with Gasteiger partial charge in [-0.3, -0.25) is 4.79 Å². The average Bonchev–Trinajstić information content (AvgIpc) is 2.59. The average molecular weight is 347 g/mol. The van der Waals surface area contributed by atoms with Crippen molar-refractivity contribution in [3.63, 3.8) is 0 Å². The van der Waals surface area contributed by atoms with Gasteiger partial charge in [-0.1, -0.05) is 43.6 Å². The number of carbonyl (C=O) groups excluding carboxylic acids is 1. The Morgan fingerprint density at radius 1 is 1.12 bits per heavy atom. The summed E-state index contributed by atoms with van der Waals surface area (Å²) in [5, 5.41) is 6.57. The van der Waals surface area contributed by atoms with E-state index >= 15 is 0 Å². The van der Waals surface area contributed by atoms with Crippen LogP contribution in [-0.4, -0.2) is 19.6 Å². The predicted molar refractivity (Wildman–Crippen MR) is 100 cm³/mol. The molecule has 0 heterocycles. The topological polar surface area (TPSA) is 50.4 Å². The fraction of sp³-hybridized carbons (Fsp3) is 0.316. The summed E-state index contributed by atoms with van der Waals surface area (Å²) in [6, 6.07) is 11.4. The molecule has 1 amide bonds. The summed E-state index contributed by atoms with van der Waals surface area (Å²) in [6.45, 7) is 4.42. The van der Waals surface area contributed by atoms with E-state index in [1.807, 2.05) is 0 Å². The van der Waals surface area contributed by atoms with Crippen molar-refractivity contribution in [3.05, 3.63) is 52.5 Å². The standard InChI is InChI=1S/C19H23ClN2O2/c1-4-13-7-6-8-14(5-2)19(13)21-12-18(23)22-15-9-10-17(24-3)16(20)11-15/h6-11,21H,4-5,12H2,1-3H3,(H,22,23). The minimum Gasteiger partial charge on any atom is -0.495 e. The molecule has 0 radical (unpaired) electrons. The van der Waals surface area contributed by atoms with Gasteiger partial charge in [0, 0.05) is 11.4 Å². The van der Waals surface area contributed by atoms with Crippen LogP contribution >= 0.6 is 11.6 Å². The van der Waals surface area contributed by atoms with Crippen molar-refractivity contribution in [2.45, 2.75) is 26.7 Å². The lowest BCUT2D eigenvalue weighted by Crippen LogP contribution is -2.22. The minimum atomic E-state index is -0.121. The first-order chi connectivity index (χ1) is 11.6. The van der Waals surface area contributed by atoms with E-state index < -0.39 is 0 Å². The van der Waals surface area contributed by atoms with Gasteiger partial charge in [0.2, 0.25) is 5.91 Å². The van der Waals surface area contributed by atoms with E-state index in [1.54, 1.807) is 25.3 Å². The van der Waals surface area contributed by atoms with Crippen LogP contribution in [0.5, 0.6) is 5.75 Å². The monoisotopic (exact) mass is 346 g/mol. The van der Waals surface area contributed by atoms with E-state index in [9.17, 15) is 4.79 Å². The summed E-state index contributed by atoms with van der Waals surface area (Å²) in [5.74, 6) is 0.460. The van der Waals surface area contributed by atoms with Gasteiger partial charge in [0.1, 0.15) is 5.75 Å². The lowest BCUT2D eigenvalue weighted by atomic mass is 10.0. The van der Waals surface area contributed by atoms with Gasteiger partial charge in [0.15, 0.2) is 0 Å². The number of hydrogen-bond acceptors (Lipinski definition) is 3. The van der Waals surface area contributed by atoms with Gasteiger partial charge in [-0.05, 0) is 42.2 Å². The molecular weight excluding hydrogens is 324 g/mol. The van der Waals surface area contributed by atoms with E-state index in [0.717, 1.165) is 18.5 Å². The highest BCUT2D eigenvalue weighted by Gasteiger charge is 2.09. The number of ether oxygens (including phenoxy) is 1. The maximum absolute atomic E-state index is 12.2. The molecule has 2 N–H and O–H groups in total. The number of carbonyl (C=O) groups is 1. The van der Waals surface area contributed by atoms with Crippen LogP contribution in [0.3, 0.4) is 0 Å². The molecule has 128 valence electrons. The Labute approximate surface area is 148 Å². The van der Waals surface area contributed by atoms with Gasteiger partial charge in [0.25, 0.3) is 0 Å². The molecule has 0 aromatic heterocycles. The summed E-state index contributed by atoms with van der Waals surface area (Å²) >= 11 is 6.07. The second-order valence-corrected chi connectivity index (χ2v) is 5.82. The van der Waals surface area contributed by atoms with Crippen molar-refractivity contribution < 1.29 is 9.53 Å². The van der Waals surface area contributed by atoms with Gasteiger partial charge >= 0.3 is 0 Å². The lowest BCUT2D eigenvalue weighted by molar-refractivity contribution is -0.114. The first-order valence-electron chi connectivity index (χ1n) is 8.07. The third kappa shape index (κ3) is 4.42. The first-order valence-corrected chi connectivity index (χ1v) is 8.44. The number of amides is 1. The summed E-state index contributed by atoms with van der Waals surface area (Å²) in [6.07, 6.45) is 1.85. The zero-order valence-corrected chi connectivity index (χ0v) is 15.0. The molecule has 0 aliphatic rings. The smallest absolute Gasteiger partial charge is 0.243 e. The van der Waals surface area contributed by atoms with E-state index in [1.165, 1.54) is 11.1 Å². The molecule has 0 aliphatic heterocycles. The third-order valence-corrected chi connectivity index (χ3v) is 4.16. The van der Waals surface area contributed by atoms with Crippen LogP contribution in [0.4, 0.5) is 11.4 Å². The molecule has 0 bridgehead atoms. The van der Waals surface area contributed by atoms with E-state index in [0.29, 0.717) is 16.5 Å². The Morgan fingerprint density at radius 3 is 2.33 bits per heavy atom. The fourth-order valence-electron chi connectivity index (χ4n) is 2.59. The number of halogens is 1. The van der Waals surface area contributed by atoms with Crippen molar-refractivity contribution in [2.24, 2.45) is 0 Å². The second kappa shape index (κ2) is 8.60. The number of nitrogens with one attached hydrogen (secondary N) is 2. The summed E-state index contributed by atoms with van der Waals surface area (Å²) < 4.78 is 5.10. The Kier molecular flexibility index (Phi) is 6.50. The van der Waals surface area contributed by atoms with Crippen LogP contribution in [0.25, 0.3) is 0 Å². The zero-order valence-electron chi connectivity index (χ0n) is 14.3. The SMILES string of the molecule is CCc1cccc(CC)c1NCC(=O)Nc1ccc(OC)c(Cl)c1. The van der Waals surface area contributed by atoms with Gasteiger partial charge in [-0.15, -0.1) is 0 Å². The predicted octanol–water partition coefficient (Wildman–Crippen LogP) is 4.52. The largest absolute Gasteiger partial charge is 0.495 e. The van der Waals surface area contributed by atoms with Crippen molar-refractivity contribution in [1.82, 2.24) is 0 Å². The molecule has 0 spiro atoms. The van der Waals surface area contributed by atoms with Crippen LogP contribution in [0.2, 0.25) is 5.02 Å². The minimum absolute atomic E-state index is 0.121. The van der Waals surface area contributed by atoms with Crippen LogP contribution in [0.15, 0.2) is 36.4 Å². The molecule has 2 aromatic rings. The highest BCUT2D eigenvalue weighted by molar-refractivity contribution is 6.32. The molecule has 2 rings (SSSR count). The zero-order chi connectivity index (χ0) is 17.5. The molecular formula is C19H23ClN2O2. The number of para-hydroxylation sites is 1. The third-order valence-electron chi connectivity index (χ3n) is 3.86. The maximum atomic E-state index is 12.2. The molecule has 0 fully saturated rings. The van der Waals surface area contributed by atoms with Crippen molar-refractivity contribution in [2.75, 3.05) is 24.3 Å². The number of benzene rings is 2. The number of hydrogen-bond donors (Lipinski definition) is 2. The highest BCUT2D eigenvalue weighted by Crippen LogP contribution is 2.27. The van der Waals surface area contributed by atoms with Gasteiger partial charge in [-0.25, -0.2) is 0 Å². The van der Waals surface area contributed by atoms with E-state index in [4.69, 9.17) is 16.3 Å². The number of aryl methyl sites for hydroxylation is 2. The maximum Gasteiger partial charge on any atom is 0.243 e. The van der Waals surface area contributed by atoms with Gasteiger partial charge in [0.05, 0.1) is 18.7 Å². The van der Waals surface area contributed by atoms with E-state index in [-0.39, 0.29) is 12.5 Å². The highest BCUT2D eigenvalue weighted by atomic mass is 35.5. The Hall–Kier alpha value is -2.20. The van der Waals surface area contributed by atoms with E-state index in [2.05, 4.69) is 42.7 Å². The normalized spacial score (nSPS) is 10.3. The van der Waals surface area contributed by atoms with Crippen molar-refractivity contribution in [3.8, 4) is 5.75 Å². The molecule has 24 heavy (non-hydrogen) atoms. The molecule has 2 aromatic carbocycles. The quantitative estimate of drug-likeness (QED) is 0.774. The van der Waals surface area contributed by atoms with Crippen molar-refractivity contribution >= 4 is 28.9 Å². The molecule has 0 atom stereocenters. The number of methoxy groups -OCH3 is 1. The van der Waals surface area contributed by atoms with Crippen molar-refractivity contribution in [1.29, 1.82) is 0 Å². The summed E-state index contributed by atoms with van der Waals surface area (Å²) in [5.41, 5.74) is 4.14. The molecule has 4 nitrogen and oxygen atoms in total. The number of anilines is 2. The Morgan fingerprint density at radius 2 is 1.79 bits per heavy atom. The Balaban J connectivity index is 2.02. The van der Waals surface area contributed by atoms with Crippen LogP contribution in [0, 0.1) is 0 Å². The van der Waals surface area contributed by atoms with Crippen LogP contribution in [-0.2, 0) is 17.6 Å². The molecule has 0 unspecified atom stereocenters. The molecule has 5 heteroatoms. The summed E-state index contributed by atoms with van der Waals surface area (Å²) in [4.78, 5) is 12.2. The first kappa shape index (κ1) is 18.1. The summed E-state index contributed by atoms with van der Waals surface area (Å²) in [7, 11) is 1.56. The molecule has 0 aliphatic carbocycles. The van der Waals surface area contributed by atoms with Crippen LogP contribution in [0.1, 0.15) is 25.0 Å². The van der Waals surface area contributed by atoms with Gasteiger partial charge in [-0.2, -0.15) is 0 Å². The Bertz CT molecular complexity index is 694. The lowest BCUT2D eigenvalue weighted by Gasteiger charge is -2.15. The molecule has 0 saturated heterocycles. The number of rotatable bonds is 7. The molecule has 0 saturated carbocycles. The van der Waals surface area contributed by atoms with Gasteiger partial charge < -0.3 is 15.4 Å². The van der Waals surface area contributed by atoms with Crippen LogP contribution < -0.4 is 15.4 Å². The second-order valence-electron chi connectivity index (χ2n) is 5.41. The fourth-order valence-corrected chi connectivity index (χ4v) is 2.85.